The molecule has 1 fully saturated rings. The third kappa shape index (κ3) is 3.22. The number of hydrogen-bond donors (Lipinski definition) is 3. The number of likely N-dealkylation sites (tertiary alicyclic amines) is 1. The predicted molar refractivity (Wildman–Crippen MR) is 109 cm³/mol. The molecule has 28 heavy (non-hydrogen) atoms. The van der Waals surface area contributed by atoms with E-state index >= 15 is 0 Å². The Morgan fingerprint density at radius 3 is 2.54 bits per heavy atom. The van der Waals surface area contributed by atoms with Crippen molar-refractivity contribution in [2.75, 3.05) is 18.4 Å². The van der Waals surface area contributed by atoms with Gasteiger partial charge >= 0.3 is 0 Å². The Balaban J connectivity index is 1.60. The van der Waals surface area contributed by atoms with Crippen molar-refractivity contribution in [3.63, 3.8) is 0 Å². The van der Waals surface area contributed by atoms with Crippen LogP contribution >= 0.6 is 11.6 Å². The number of carbonyl (C=O) groups is 1. The zero-order chi connectivity index (χ0) is 19.9. The average Bonchev–Trinajstić information content (AvgIpc) is 3.07. The predicted octanol–water partition coefficient (Wildman–Crippen LogP) is 3.37. The van der Waals surface area contributed by atoms with Crippen LogP contribution in [0.2, 0.25) is 5.02 Å². The molecule has 0 aliphatic carbocycles. The Morgan fingerprint density at radius 2 is 1.89 bits per heavy atom. The summed E-state index contributed by atoms with van der Waals surface area (Å²) in [5, 5.41) is 25.9. The molecule has 2 aliphatic heterocycles. The second-order valence-electron chi connectivity index (χ2n) is 7.77. The average molecular weight is 401 g/mol. The normalized spacial score (nSPS) is 21.1. The molecule has 2 aliphatic rings. The van der Waals surface area contributed by atoms with E-state index in [1.54, 1.807) is 6.07 Å². The number of rotatable bonds is 4. The molecule has 0 aromatic heterocycles. The summed E-state index contributed by atoms with van der Waals surface area (Å²) in [5.74, 6) is -0.0610. The monoisotopic (exact) mass is 400 g/mol. The molecular formula is C22H25ClN2O3. The summed E-state index contributed by atoms with van der Waals surface area (Å²) in [4.78, 5) is 13.7. The van der Waals surface area contributed by atoms with Gasteiger partial charge in [-0.3, -0.25) is 9.69 Å². The second-order valence-corrected chi connectivity index (χ2v) is 8.18. The van der Waals surface area contributed by atoms with E-state index in [-0.39, 0.29) is 5.91 Å². The van der Waals surface area contributed by atoms with E-state index in [9.17, 15) is 15.0 Å². The Kier molecular flexibility index (Phi) is 4.96. The first-order valence-corrected chi connectivity index (χ1v) is 10.1. The highest BCUT2D eigenvalue weighted by molar-refractivity contribution is 6.32. The molecule has 2 heterocycles. The number of aliphatic hydroxyl groups is 2. The highest BCUT2D eigenvalue weighted by Crippen LogP contribution is 2.42. The van der Waals surface area contributed by atoms with Gasteiger partial charge in [-0.05, 0) is 42.5 Å². The van der Waals surface area contributed by atoms with Crippen LogP contribution in [0.15, 0.2) is 42.5 Å². The van der Waals surface area contributed by atoms with E-state index < -0.39 is 11.3 Å². The van der Waals surface area contributed by atoms with Crippen molar-refractivity contribution in [1.29, 1.82) is 0 Å². The minimum absolute atomic E-state index is 0.0610. The van der Waals surface area contributed by atoms with Crippen molar-refractivity contribution in [1.82, 2.24) is 4.90 Å². The van der Waals surface area contributed by atoms with Crippen LogP contribution in [0.1, 0.15) is 42.9 Å². The van der Waals surface area contributed by atoms with E-state index in [2.05, 4.69) is 5.32 Å². The topological polar surface area (TPSA) is 72.8 Å². The molecule has 0 unspecified atom stereocenters. The lowest BCUT2D eigenvalue weighted by atomic mass is 9.82. The van der Waals surface area contributed by atoms with Crippen molar-refractivity contribution in [2.45, 2.75) is 43.9 Å². The lowest BCUT2D eigenvalue weighted by Crippen LogP contribution is -2.53. The molecule has 1 atom stereocenters. The first-order chi connectivity index (χ1) is 13.4. The van der Waals surface area contributed by atoms with Crippen LogP contribution in [0.5, 0.6) is 0 Å². The molecule has 148 valence electrons. The van der Waals surface area contributed by atoms with E-state index in [1.165, 1.54) is 0 Å². The molecule has 2 aromatic rings. The van der Waals surface area contributed by atoms with E-state index in [1.807, 2.05) is 48.2 Å². The summed E-state index contributed by atoms with van der Waals surface area (Å²) >= 11 is 6.50. The van der Waals surface area contributed by atoms with Crippen LogP contribution in [0.25, 0.3) is 0 Å². The van der Waals surface area contributed by atoms with Crippen LogP contribution in [0, 0.1) is 0 Å². The van der Waals surface area contributed by atoms with Crippen LogP contribution in [0.3, 0.4) is 0 Å². The van der Waals surface area contributed by atoms with Crippen LogP contribution in [-0.4, -0.2) is 34.1 Å². The summed E-state index contributed by atoms with van der Waals surface area (Å²) in [5.41, 5.74) is 0.982. The van der Waals surface area contributed by atoms with E-state index in [0.717, 1.165) is 11.1 Å². The lowest BCUT2D eigenvalue weighted by Gasteiger charge is -2.46. The molecule has 2 aromatic carbocycles. The number of nitrogens with zero attached hydrogens (tertiary/aromatic N) is 1. The quantitative estimate of drug-likeness (QED) is 0.735. The molecule has 4 rings (SSSR count). The number of fused-ring (bicyclic) bond motifs is 1. The number of nitrogens with one attached hydrogen (secondary N) is 1. The van der Waals surface area contributed by atoms with Crippen molar-refractivity contribution in [3.05, 3.63) is 64.2 Å². The molecule has 5 nitrogen and oxygen atoms in total. The fourth-order valence-corrected chi connectivity index (χ4v) is 4.74. The number of halogens is 1. The van der Waals surface area contributed by atoms with Gasteiger partial charge in [0.2, 0.25) is 5.91 Å². The molecule has 0 radical (unpaired) electrons. The minimum Gasteiger partial charge on any atom is -0.385 e. The van der Waals surface area contributed by atoms with Gasteiger partial charge < -0.3 is 15.5 Å². The Bertz CT molecular complexity index is 894. The van der Waals surface area contributed by atoms with Crippen molar-refractivity contribution in [2.24, 2.45) is 0 Å². The van der Waals surface area contributed by atoms with Crippen LogP contribution < -0.4 is 5.32 Å². The van der Waals surface area contributed by atoms with Gasteiger partial charge in [-0.1, -0.05) is 48.9 Å². The molecule has 0 bridgehead atoms. The van der Waals surface area contributed by atoms with Crippen LogP contribution in [0.4, 0.5) is 5.69 Å². The number of carbonyl (C=O) groups excluding carboxylic acids is 1. The highest BCUT2D eigenvalue weighted by atomic mass is 35.5. The second kappa shape index (κ2) is 7.16. The third-order valence-electron chi connectivity index (χ3n) is 6.17. The molecule has 1 saturated heterocycles. The number of anilines is 1. The Labute approximate surface area is 169 Å². The lowest BCUT2D eigenvalue weighted by molar-refractivity contribution is -0.153. The van der Waals surface area contributed by atoms with Gasteiger partial charge in [0.1, 0.15) is 5.72 Å². The number of piperidine rings is 1. The SMILES string of the molecule is CC[C@@](O)(c1cc2c(cc1Cl)NC(=O)C2)N1CCC(O)(c2ccccc2)CC1. The molecular weight excluding hydrogens is 376 g/mol. The summed E-state index contributed by atoms with van der Waals surface area (Å²) in [6.07, 6.45) is 1.81. The van der Waals surface area contributed by atoms with Gasteiger partial charge in [0.15, 0.2) is 0 Å². The largest absolute Gasteiger partial charge is 0.385 e. The summed E-state index contributed by atoms with van der Waals surface area (Å²) in [6.45, 7) is 3.01. The number of amides is 1. The summed E-state index contributed by atoms with van der Waals surface area (Å²) in [7, 11) is 0. The maximum atomic E-state index is 11.7. The standard InChI is InChI=1S/C22H25ClN2O3/c1-2-22(28,17-12-15-13-20(26)24-19(15)14-18(17)23)25-10-8-21(27,9-11-25)16-6-4-3-5-7-16/h3-7,12,14,27-28H,2,8-11,13H2,1H3,(H,24,26)/t22-/m1/s1. The molecule has 3 N–H and O–H groups in total. The smallest absolute Gasteiger partial charge is 0.228 e. The van der Waals surface area contributed by atoms with Gasteiger partial charge in [0.25, 0.3) is 0 Å². The number of benzene rings is 2. The van der Waals surface area contributed by atoms with Crippen LogP contribution in [-0.2, 0) is 22.5 Å². The molecule has 0 saturated carbocycles. The van der Waals surface area contributed by atoms with Gasteiger partial charge in [0.05, 0.1) is 17.0 Å². The zero-order valence-corrected chi connectivity index (χ0v) is 16.7. The highest BCUT2D eigenvalue weighted by Gasteiger charge is 2.43. The van der Waals surface area contributed by atoms with Crippen molar-refractivity contribution >= 4 is 23.2 Å². The summed E-state index contributed by atoms with van der Waals surface area (Å²) in [6, 6.07) is 13.3. The number of hydrogen-bond acceptors (Lipinski definition) is 4. The third-order valence-corrected chi connectivity index (χ3v) is 6.48. The first-order valence-electron chi connectivity index (χ1n) is 9.74. The summed E-state index contributed by atoms with van der Waals surface area (Å²) < 4.78 is 0. The van der Waals surface area contributed by atoms with E-state index in [4.69, 9.17) is 11.6 Å². The zero-order valence-electron chi connectivity index (χ0n) is 15.9. The molecule has 0 spiro atoms. The van der Waals surface area contributed by atoms with Gasteiger partial charge in [-0.25, -0.2) is 0 Å². The fraction of sp³-hybridized carbons (Fsp3) is 0.409. The van der Waals surface area contributed by atoms with Crippen molar-refractivity contribution in [3.8, 4) is 0 Å². The molecule has 6 heteroatoms. The van der Waals surface area contributed by atoms with Crippen molar-refractivity contribution < 1.29 is 15.0 Å². The Hall–Kier alpha value is -1.92. The minimum atomic E-state index is -1.24. The fourth-order valence-electron chi connectivity index (χ4n) is 4.42. The van der Waals surface area contributed by atoms with E-state index in [0.29, 0.717) is 55.0 Å². The van der Waals surface area contributed by atoms with Gasteiger partial charge in [0, 0.05) is 24.3 Å². The first kappa shape index (κ1) is 19.4. The maximum Gasteiger partial charge on any atom is 0.228 e. The van der Waals surface area contributed by atoms with Gasteiger partial charge in [-0.2, -0.15) is 0 Å². The van der Waals surface area contributed by atoms with Gasteiger partial charge in [-0.15, -0.1) is 0 Å². The molecule has 1 amide bonds. The maximum absolute atomic E-state index is 11.7. The Morgan fingerprint density at radius 1 is 1.21 bits per heavy atom.